The Morgan fingerprint density at radius 1 is 1.42 bits per heavy atom. The second kappa shape index (κ2) is 8.90. The summed E-state index contributed by atoms with van der Waals surface area (Å²) in [5, 5.41) is 13.1. The van der Waals surface area contributed by atoms with Crippen LogP contribution in [0.5, 0.6) is 0 Å². The van der Waals surface area contributed by atoms with Gasteiger partial charge in [0.2, 0.25) is 0 Å². The highest BCUT2D eigenvalue weighted by atomic mass is 16.5. The molecule has 0 spiro atoms. The number of hydrogen-bond donors (Lipinski definition) is 2. The smallest absolute Gasteiger partial charge is 0.0702 e. The Kier molecular flexibility index (Phi) is 7.91. The van der Waals surface area contributed by atoms with Gasteiger partial charge in [-0.05, 0) is 52.2 Å². The number of hydrogen-bond acceptors (Lipinski definition) is 4. The SMILES string of the molecule is CCNC(CC)(CO)CCCN(C)CC1CCCO1. The fraction of sp³-hybridized carbons (Fsp3) is 1.00. The summed E-state index contributed by atoms with van der Waals surface area (Å²) in [7, 11) is 2.17. The van der Waals surface area contributed by atoms with Crippen LogP contribution >= 0.6 is 0 Å². The Balaban J connectivity index is 2.22. The average molecular weight is 272 g/mol. The van der Waals surface area contributed by atoms with Crippen molar-refractivity contribution in [2.75, 3.05) is 39.9 Å². The van der Waals surface area contributed by atoms with Crippen LogP contribution in [0.2, 0.25) is 0 Å². The quantitative estimate of drug-likeness (QED) is 0.634. The number of likely N-dealkylation sites (N-methyl/N-ethyl adjacent to an activating group) is 2. The molecule has 1 heterocycles. The highest BCUT2D eigenvalue weighted by molar-refractivity contribution is 4.85. The molecular weight excluding hydrogens is 240 g/mol. The molecule has 0 radical (unpaired) electrons. The zero-order chi connectivity index (χ0) is 14.1. The molecule has 114 valence electrons. The summed E-state index contributed by atoms with van der Waals surface area (Å²) in [4.78, 5) is 2.36. The highest BCUT2D eigenvalue weighted by Crippen LogP contribution is 2.18. The van der Waals surface area contributed by atoms with Gasteiger partial charge in [-0.1, -0.05) is 13.8 Å². The van der Waals surface area contributed by atoms with Gasteiger partial charge in [0.25, 0.3) is 0 Å². The first-order valence-electron chi connectivity index (χ1n) is 7.82. The Morgan fingerprint density at radius 3 is 2.74 bits per heavy atom. The number of rotatable bonds is 10. The van der Waals surface area contributed by atoms with Gasteiger partial charge >= 0.3 is 0 Å². The number of aliphatic hydroxyl groups excluding tert-OH is 1. The third-order valence-corrected chi connectivity index (χ3v) is 4.27. The van der Waals surface area contributed by atoms with Crippen LogP contribution in [0.3, 0.4) is 0 Å². The molecule has 0 amide bonds. The van der Waals surface area contributed by atoms with Crippen LogP contribution in [0.25, 0.3) is 0 Å². The molecule has 1 fully saturated rings. The van der Waals surface area contributed by atoms with E-state index in [1.165, 1.54) is 12.8 Å². The van der Waals surface area contributed by atoms with Gasteiger partial charge in [0.1, 0.15) is 0 Å². The first-order valence-corrected chi connectivity index (χ1v) is 7.82. The third kappa shape index (κ3) is 5.78. The van der Waals surface area contributed by atoms with Gasteiger partial charge in [-0.15, -0.1) is 0 Å². The van der Waals surface area contributed by atoms with Crippen molar-refractivity contribution < 1.29 is 9.84 Å². The molecule has 0 aromatic heterocycles. The van der Waals surface area contributed by atoms with E-state index in [9.17, 15) is 5.11 Å². The van der Waals surface area contributed by atoms with E-state index in [1.807, 2.05) is 0 Å². The topological polar surface area (TPSA) is 44.7 Å². The van der Waals surface area contributed by atoms with Gasteiger partial charge in [-0.2, -0.15) is 0 Å². The van der Waals surface area contributed by atoms with Crippen LogP contribution < -0.4 is 5.32 Å². The Morgan fingerprint density at radius 2 is 2.21 bits per heavy atom. The fourth-order valence-electron chi connectivity index (χ4n) is 2.93. The minimum absolute atomic E-state index is 0.0839. The van der Waals surface area contributed by atoms with E-state index in [1.54, 1.807) is 0 Å². The normalized spacial score (nSPS) is 22.9. The molecule has 4 heteroatoms. The van der Waals surface area contributed by atoms with Gasteiger partial charge in [0, 0.05) is 18.7 Å². The molecule has 1 rings (SSSR count). The van der Waals surface area contributed by atoms with E-state index in [4.69, 9.17) is 4.74 Å². The molecule has 1 aliphatic heterocycles. The maximum absolute atomic E-state index is 9.61. The lowest BCUT2D eigenvalue weighted by Gasteiger charge is -2.32. The van der Waals surface area contributed by atoms with Gasteiger partial charge in [-0.3, -0.25) is 0 Å². The maximum atomic E-state index is 9.61. The zero-order valence-corrected chi connectivity index (χ0v) is 13.0. The van der Waals surface area contributed by atoms with E-state index in [-0.39, 0.29) is 12.1 Å². The Bertz CT molecular complexity index is 226. The third-order valence-electron chi connectivity index (χ3n) is 4.27. The largest absolute Gasteiger partial charge is 0.394 e. The molecule has 0 aromatic rings. The molecule has 2 N–H and O–H groups in total. The maximum Gasteiger partial charge on any atom is 0.0702 e. The van der Waals surface area contributed by atoms with Crippen molar-refractivity contribution in [3.8, 4) is 0 Å². The van der Waals surface area contributed by atoms with Crippen LogP contribution in [0.15, 0.2) is 0 Å². The summed E-state index contributed by atoms with van der Waals surface area (Å²) >= 11 is 0. The summed E-state index contributed by atoms with van der Waals surface area (Å²) in [6.45, 7) is 8.44. The molecule has 0 saturated carbocycles. The molecule has 2 atom stereocenters. The van der Waals surface area contributed by atoms with Crippen LogP contribution in [0.4, 0.5) is 0 Å². The lowest BCUT2D eigenvalue weighted by molar-refractivity contribution is 0.0785. The molecule has 1 saturated heterocycles. The molecule has 2 unspecified atom stereocenters. The Labute approximate surface area is 118 Å². The molecule has 4 nitrogen and oxygen atoms in total. The molecule has 19 heavy (non-hydrogen) atoms. The zero-order valence-electron chi connectivity index (χ0n) is 13.0. The van der Waals surface area contributed by atoms with Gasteiger partial charge in [0.15, 0.2) is 0 Å². The summed E-state index contributed by atoms with van der Waals surface area (Å²) in [6, 6.07) is 0. The second-order valence-electron chi connectivity index (χ2n) is 5.82. The average Bonchev–Trinajstić information content (AvgIpc) is 2.90. The second-order valence-corrected chi connectivity index (χ2v) is 5.82. The fourth-order valence-corrected chi connectivity index (χ4v) is 2.93. The van der Waals surface area contributed by atoms with E-state index < -0.39 is 0 Å². The monoisotopic (exact) mass is 272 g/mol. The lowest BCUT2D eigenvalue weighted by Crippen LogP contribution is -2.48. The van der Waals surface area contributed by atoms with Crippen LogP contribution in [-0.2, 0) is 4.74 Å². The van der Waals surface area contributed by atoms with Crippen molar-refractivity contribution in [2.45, 2.75) is 57.6 Å². The van der Waals surface area contributed by atoms with Crippen molar-refractivity contribution in [3.05, 3.63) is 0 Å². The molecule has 1 aliphatic rings. The first-order chi connectivity index (χ1) is 9.15. The van der Waals surface area contributed by atoms with Crippen LogP contribution in [0.1, 0.15) is 46.0 Å². The van der Waals surface area contributed by atoms with Crippen molar-refractivity contribution in [3.63, 3.8) is 0 Å². The molecule has 0 aliphatic carbocycles. The van der Waals surface area contributed by atoms with E-state index in [2.05, 4.69) is 31.1 Å². The number of ether oxygens (including phenoxy) is 1. The summed E-state index contributed by atoms with van der Waals surface area (Å²) in [6.07, 6.45) is 5.98. The predicted octanol–water partition coefficient (Wildman–Crippen LogP) is 1.63. The van der Waals surface area contributed by atoms with Gasteiger partial charge in [-0.25, -0.2) is 0 Å². The minimum Gasteiger partial charge on any atom is -0.394 e. The first kappa shape index (κ1) is 16.9. The van der Waals surface area contributed by atoms with Crippen LogP contribution in [0, 0.1) is 0 Å². The van der Waals surface area contributed by atoms with Crippen molar-refractivity contribution in [1.29, 1.82) is 0 Å². The van der Waals surface area contributed by atoms with E-state index >= 15 is 0 Å². The lowest BCUT2D eigenvalue weighted by atomic mass is 9.91. The van der Waals surface area contributed by atoms with E-state index in [0.29, 0.717) is 6.10 Å². The summed E-state index contributed by atoms with van der Waals surface area (Å²) in [5.74, 6) is 0. The van der Waals surface area contributed by atoms with Gasteiger partial charge < -0.3 is 20.1 Å². The summed E-state index contributed by atoms with van der Waals surface area (Å²) < 4.78 is 5.66. The summed E-state index contributed by atoms with van der Waals surface area (Å²) in [5.41, 5.74) is -0.0839. The Hall–Kier alpha value is -0.160. The number of nitrogens with one attached hydrogen (secondary N) is 1. The van der Waals surface area contributed by atoms with Crippen molar-refractivity contribution in [1.82, 2.24) is 10.2 Å². The molecule has 0 bridgehead atoms. The van der Waals surface area contributed by atoms with Crippen LogP contribution in [-0.4, -0.2) is 61.5 Å². The molecular formula is C15H32N2O2. The standard InChI is InChI=1S/C15H32N2O2/c1-4-15(13-18,16-5-2)9-7-10-17(3)12-14-8-6-11-19-14/h14,16,18H,4-13H2,1-3H3. The van der Waals surface area contributed by atoms with Crippen molar-refractivity contribution in [2.24, 2.45) is 0 Å². The minimum atomic E-state index is -0.0839. The number of aliphatic hydroxyl groups is 1. The van der Waals surface area contributed by atoms with Crippen molar-refractivity contribution >= 4 is 0 Å². The molecule has 0 aromatic carbocycles. The number of nitrogens with zero attached hydrogens (tertiary/aromatic N) is 1. The highest BCUT2D eigenvalue weighted by Gasteiger charge is 2.25. The predicted molar refractivity (Wildman–Crippen MR) is 79.5 cm³/mol. The van der Waals surface area contributed by atoms with E-state index in [0.717, 1.165) is 45.5 Å². The van der Waals surface area contributed by atoms with Gasteiger partial charge in [0.05, 0.1) is 12.7 Å².